The molecule has 0 aliphatic carbocycles. The second-order valence-electron chi connectivity index (χ2n) is 4.13. The maximum Gasteiger partial charge on any atom is 0.180 e. The second-order valence-corrected chi connectivity index (χ2v) is 4.13. The van der Waals surface area contributed by atoms with Crippen molar-refractivity contribution in [3.8, 4) is 0 Å². The van der Waals surface area contributed by atoms with Crippen LogP contribution in [0.2, 0.25) is 0 Å². The highest BCUT2D eigenvalue weighted by Gasteiger charge is 2.10. The van der Waals surface area contributed by atoms with E-state index in [2.05, 4.69) is 20.6 Å². The fraction of sp³-hybridized carbons (Fsp3) is 0.0769. The van der Waals surface area contributed by atoms with E-state index in [-0.39, 0.29) is 5.69 Å². The molecule has 2 aromatic heterocycles. The average Bonchev–Trinajstić information content (AvgIpc) is 2.90. The van der Waals surface area contributed by atoms with Crippen molar-refractivity contribution >= 4 is 23.0 Å². The van der Waals surface area contributed by atoms with Gasteiger partial charge in [-0.05, 0) is 12.1 Å². The number of rotatable bonds is 3. The van der Waals surface area contributed by atoms with Gasteiger partial charge in [0, 0.05) is 25.5 Å². The number of aromatic nitrogens is 3. The van der Waals surface area contributed by atoms with Crippen molar-refractivity contribution < 1.29 is 8.78 Å². The zero-order chi connectivity index (χ0) is 14.1. The average molecular weight is 275 g/mol. The Hall–Kier alpha value is -2.70. The summed E-state index contributed by atoms with van der Waals surface area (Å²) in [6.07, 6.45) is 5.13. The van der Waals surface area contributed by atoms with Crippen LogP contribution in [0.4, 0.5) is 26.1 Å². The molecule has 0 spiro atoms. The van der Waals surface area contributed by atoms with Crippen LogP contribution in [0, 0.1) is 11.6 Å². The normalized spacial score (nSPS) is 10.8. The van der Waals surface area contributed by atoms with Crippen LogP contribution in [-0.2, 0) is 0 Å². The molecule has 1 aromatic carbocycles. The molecule has 0 saturated carbocycles. The van der Waals surface area contributed by atoms with E-state index < -0.39 is 11.6 Å². The Morgan fingerprint density at radius 1 is 1.25 bits per heavy atom. The number of fused-ring (bicyclic) bond motifs is 1. The van der Waals surface area contributed by atoms with Crippen molar-refractivity contribution in [3.05, 3.63) is 48.4 Å². The highest BCUT2D eigenvalue weighted by atomic mass is 19.1. The molecule has 0 bridgehead atoms. The summed E-state index contributed by atoms with van der Waals surface area (Å²) in [6, 6.07) is 3.31. The molecule has 7 heteroatoms. The van der Waals surface area contributed by atoms with Gasteiger partial charge in [-0.1, -0.05) is 0 Å². The lowest BCUT2D eigenvalue weighted by Crippen LogP contribution is -2.03. The summed E-state index contributed by atoms with van der Waals surface area (Å²) in [4.78, 5) is 8.44. The van der Waals surface area contributed by atoms with Crippen molar-refractivity contribution in [1.29, 1.82) is 0 Å². The number of imidazole rings is 1. The van der Waals surface area contributed by atoms with Crippen LogP contribution in [0.5, 0.6) is 0 Å². The summed E-state index contributed by atoms with van der Waals surface area (Å²) >= 11 is 0. The highest BCUT2D eigenvalue weighted by Crippen LogP contribution is 2.23. The van der Waals surface area contributed by atoms with E-state index in [0.29, 0.717) is 17.3 Å². The zero-order valence-electron chi connectivity index (χ0n) is 10.6. The third kappa shape index (κ3) is 2.13. The molecule has 0 saturated heterocycles. The Labute approximate surface area is 113 Å². The van der Waals surface area contributed by atoms with E-state index in [9.17, 15) is 8.78 Å². The number of halogens is 2. The second kappa shape index (κ2) is 4.76. The van der Waals surface area contributed by atoms with Gasteiger partial charge in [-0.3, -0.25) is 0 Å². The fourth-order valence-electron chi connectivity index (χ4n) is 1.85. The van der Waals surface area contributed by atoms with E-state index in [4.69, 9.17) is 0 Å². The van der Waals surface area contributed by atoms with Crippen LogP contribution in [-0.4, -0.2) is 21.4 Å². The van der Waals surface area contributed by atoms with Gasteiger partial charge in [0.25, 0.3) is 0 Å². The minimum atomic E-state index is -0.689. The lowest BCUT2D eigenvalue weighted by Gasteiger charge is -2.10. The minimum absolute atomic E-state index is 0.136. The van der Waals surface area contributed by atoms with Gasteiger partial charge in [-0.2, -0.15) is 0 Å². The van der Waals surface area contributed by atoms with Crippen molar-refractivity contribution in [2.75, 3.05) is 17.7 Å². The van der Waals surface area contributed by atoms with E-state index in [1.54, 1.807) is 30.0 Å². The maximum absolute atomic E-state index is 13.7. The van der Waals surface area contributed by atoms with Crippen molar-refractivity contribution in [2.24, 2.45) is 0 Å². The van der Waals surface area contributed by atoms with Crippen molar-refractivity contribution in [2.45, 2.75) is 0 Å². The highest BCUT2D eigenvalue weighted by molar-refractivity contribution is 5.71. The molecule has 20 heavy (non-hydrogen) atoms. The number of nitrogens with one attached hydrogen (secondary N) is 2. The number of hydrogen-bond acceptors (Lipinski definition) is 4. The molecule has 0 aliphatic heterocycles. The van der Waals surface area contributed by atoms with Gasteiger partial charge < -0.3 is 15.0 Å². The Bertz CT molecular complexity index is 769. The molecular weight excluding hydrogens is 264 g/mol. The van der Waals surface area contributed by atoms with Crippen LogP contribution in [0.1, 0.15) is 0 Å². The van der Waals surface area contributed by atoms with Gasteiger partial charge in [0.1, 0.15) is 17.5 Å². The Morgan fingerprint density at radius 3 is 2.85 bits per heavy atom. The summed E-state index contributed by atoms with van der Waals surface area (Å²) in [5.74, 6) is -0.338. The van der Waals surface area contributed by atoms with E-state index >= 15 is 0 Å². The maximum atomic E-state index is 13.7. The first-order valence-corrected chi connectivity index (χ1v) is 5.91. The monoisotopic (exact) mass is 275 g/mol. The van der Waals surface area contributed by atoms with Crippen LogP contribution in [0.15, 0.2) is 36.8 Å². The topological polar surface area (TPSA) is 54.2 Å². The fourth-order valence-corrected chi connectivity index (χ4v) is 1.85. The summed E-state index contributed by atoms with van der Waals surface area (Å²) in [6.45, 7) is 0. The molecule has 2 N–H and O–H groups in total. The minimum Gasteiger partial charge on any atom is -0.372 e. The van der Waals surface area contributed by atoms with Crippen LogP contribution in [0.3, 0.4) is 0 Å². The largest absolute Gasteiger partial charge is 0.372 e. The van der Waals surface area contributed by atoms with Gasteiger partial charge in [0.15, 0.2) is 11.5 Å². The first kappa shape index (κ1) is 12.3. The number of benzene rings is 1. The number of hydrogen-bond donors (Lipinski definition) is 2. The van der Waals surface area contributed by atoms with E-state index in [1.807, 2.05) is 0 Å². The molecule has 3 aromatic rings. The van der Waals surface area contributed by atoms with Crippen molar-refractivity contribution in [3.63, 3.8) is 0 Å². The predicted molar refractivity (Wildman–Crippen MR) is 72.2 cm³/mol. The Morgan fingerprint density at radius 2 is 2.10 bits per heavy atom. The SMILES string of the molecule is CNc1cn2ccnc2c(Nc2ccc(F)cc2F)n1. The quantitative estimate of drug-likeness (QED) is 0.771. The first-order valence-electron chi connectivity index (χ1n) is 5.91. The summed E-state index contributed by atoms with van der Waals surface area (Å²) in [7, 11) is 1.73. The van der Waals surface area contributed by atoms with Gasteiger partial charge in [0.05, 0.1) is 11.9 Å². The summed E-state index contributed by atoms with van der Waals surface area (Å²) < 4.78 is 28.3. The molecular formula is C13H11F2N5. The zero-order valence-corrected chi connectivity index (χ0v) is 10.6. The van der Waals surface area contributed by atoms with Crippen LogP contribution in [0.25, 0.3) is 5.65 Å². The molecule has 0 amide bonds. The van der Waals surface area contributed by atoms with Crippen LogP contribution >= 0.6 is 0 Å². The molecule has 102 valence electrons. The number of nitrogens with zero attached hydrogens (tertiary/aromatic N) is 3. The smallest absolute Gasteiger partial charge is 0.180 e. The van der Waals surface area contributed by atoms with Gasteiger partial charge in [0.2, 0.25) is 0 Å². The third-order valence-electron chi connectivity index (χ3n) is 2.81. The number of anilines is 3. The molecule has 0 aliphatic rings. The Balaban J connectivity index is 2.07. The predicted octanol–water partition coefficient (Wildman–Crippen LogP) is 2.79. The van der Waals surface area contributed by atoms with Crippen LogP contribution < -0.4 is 10.6 Å². The molecule has 3 rings (SSSR count). The molecule has 0 atom stereocenters. The summed E-state index contributed by atoms with van der Waals surface area (Å²) in [5.41, 5.74) is 0.685. The first-order chi connectivity index (χ1) is 9.67. The lowest BCUT2D eigenvalue weighted by molar-refractivity contribution is 0.586. The Kier molecular flexibility index (Phi) is 2.94. The van der Waals surface area contributed by atoms with Gasteiger partial charge in [-0.15, -0.1) is 0 Å². The third-order valence-corrected chi connectivity index (χ3v) is 2.81. The van der Waals surface area contributed by atoms with E-state index in [1.165, 1.54) is 12.1 Å². The molecule has 0 fully saturated rings. The molecule has 0 unspecified atom stereocenters. The van der Waals surface area contributed by atoms with Crippen molar-refractivity contribution in [1.82, 2.24) is 14.4 Å². The molecule has 0 radical (unpaired) electrons. The summed E-state index contributed by atoms with van der Waals surface area (Å²) in [5, 5.41) is 5.73. The molecule has 2 heterocycles. The van der Waals surface area contributed by atoms with Gasteiger partial charge >= 0.3 is 0 Å². The standard InChI is InChI=1S/C13H11F2N5/c1-16-11-7-20-5-4-17-13(20)12(19-11)18-10-3-2-8(14)6-9(10)15/h2-7,16H,1H3,(H,18,19). The van der Waals surface area contributed by atoms with E-state index in [0.717, 1.165) is 6.07 Å². The lowest BCUT2D eigenvalue weighted by atomic mass is 10.3. The molecule has 5 nitrogen and oxygen atoms in total. The van der Waals surface area contributed by atoms with Gasteiger partial charge in [-0.25, -0.2) is 18.7 Å².